The van der Waals surface area contributed by atoms with Gasteiger partial charge in [-0.25, -0.2) is 0 Å². The maximum atomic E-state index is 13.5. The van der Waals surface area contributed by atoms with Gasteiger partial charge >= 0.3 is 0 Å². The highest BCUT2D eigenvalue weighted by atomic mass is 16.3. The standard InChI is InChI=1S/C26H23NO2/c28-23-15-14-18-8-4-6-12-21(18)24(23)25-22-13-7-5-9-19(22)16-17-27(25)26(29)20-10-2-1-3-11-20/h1-3,5-7,9-15,25,28H,4,8,16-17H2. The highest BCUT2D eigenvalue weighted by Crippen LogP contribution is 2.43. The van der Waals surface area contributed by atoms with Crippen LogP contribution in [-0.2, 0) is 12.8 Å². The molecule has 3 nitrogen and oxygen atoms in total. The smallest absolute Gasteiger partial charge is 0.254 e. The van der Waals surface area contributed by atoms with Crippen LogP contribution in [0.1, 0.15) is 50.6 Å². The predicted octanol–water partition coefficient (Wildman–Crippen LogP) is 5.14. The summed E-state index contributed by atoms with van der Waals surface area (Å²) in [6, 6.07) is 21.2. The molecule has 29 heavy (non-hydrogen) atoms. The number of carbonyl (C=O) groups excluding carboxylic acids is 1. The number of fused-ring (bicyclic) bond motifs is 2. The summed E-state index contributed by atoms with van der Waals surface area (Å²) in [5, 5.41) is 10.9. The fourth-order valence-electron chi connectivity index (χ4n) is 4.66. The van der Waals surface area contributed by atoms with Crippen molar-refractivity contribution in [2.75, 3.05) is 6.54 Å². The molecule has 1 atom stereocenters. The molecule has 0 bridgehead atoms. The third-order valence-corrected chi connectivity index (χ3v) is 6.06. The van der Waals surface area contributed by atoms with Gasteiger partial charge in [0, 0.05) is 17.7 Å². The van der Waals surface area contributed by atoms with E-state index in [-0.39, 0.29) is 17.7 Å². The fourth-order valence-corrected chi connectivity index (χ4v) is 4.66. The van der Waals surface area contributed by atoms with Crippen molar-refractivity contribution >= 4 is 12.0 Å². The Kier molecular flexibility index (Phi) is 4.44. The van der Waals surface area contributed by atoms with Gasteiger partial charge in [0.1, 0.15) is 5.75 Å². The molecule has 1 aliphatic heterocycles. The number of phenols is 1. The van der Waals surface area contributed by atoms with Gasteiger partial charge in [0.25, 0.3) is 5.91 Å². The van der Waals surface area contributed by atoms with E-state index in [0.29, 0.717) is 12.1 Å². The van der Waals surface area contributed by atoms with Gasteiger partial charge in [0.05, 0.1) is 6.04 Å². The molecule has 0 radical (unpaired) electrons. The van der Waals surface area contributed by atoms with Crippen LogP contribution >= 0.6 is 0 Å². The van der Waals surface area contributed by atoms with Crippen molar-refractivity contribution in [3.05, 3.63) is 106 Å². The van der Waals surface area contributed by atoms with Crippen molar-refractivity contribution in [1.29, 1.82) is 0 Å². The molecule has 0 aromatic heterocycles. The van der Waals surface area contributed by atoms with Crippen LogP contribution in [0.15, 0.2) is 72.8 Å². The predicted molar refractivity (Wildman–Crippen MR) is 115 cm³/mol. The first kappa shape index (κ1) is 17.7. The molecule has 0 spiro atoms. The van der Waals surface area contributed by atoms with E-state index in [9.17, 15) is 9.90 Å². The van der Waals surface area contributed by atoms with Crippen LogP contribution in [0.2, 0.25) is 0 Å². The number of aromatic hydroxyl groups is 1. The Balaban J connectivity index is 1.71. The zero-order valence-electron chi connectivity index (χ0n) is 16.2. The van der Waals surface area contributed by atoms with Crippen LogP contribution in [0.5, 0.6) is 5.75 Å². The number of rotatable bonds is 2. The highest BCUT2D eigenvalue weighted by molar-refractivity contribution is 5.95. The lowest BCUT2D eigenvalue weighted by molar-refractivity contribution is 0.0693. The molecule has 5 rings (SSSR count). The average Bonchev–Trinajstić information content (AvgIpc) is 2.79. The lowest BCUT2D eigenvalue weighted by Crippen LogP contribution is -2.41. The molecule has 1 unspecified atom stereocenters. The molecule has 3 aromatic carbocycles. The minimum Gasteiger partial charge on any atom is -0.508 e. The third-order valence-electron chi connectivity index (χ3n) is 6.06. The van der Waals surface area contributed by atoms with Gasteiger partial charge in [-0.15, -0.1) is 0 Å². The minimum absolute atomic E-state index is 0.00175. The van der Waals surface area contributed by atoms with Gasteiger partial charge in [-0.05, 0) is 59.7 Å². The van der Waals surface area contributed by atoms with Crippen molar-refractivity contribution in [2.24, 2.45) is 0 Å². The summed E-state index contributed by atoms with van der Waals surface area (Å²) in [6.07, 6.45) is 7.04. The van der Waals surface area contributed by atoms with Crippen molar-refractivity contribution in [3.8, 4) is 5.75 Å². The first-order valence-corrected chi connectivity index (χ1v) is 10.2. The van der Waals surface area contributed by atoms with Gasteiger partial charge in [-0.3, -0.25) is 4.79 Å². The molecule has 1 N–H and O–H groups in total. The van der Waals surface area contributed by atoms with E-state index in [2.05, 4.69) is 24.3 Å². The summed E-state index contributed by atoms with van der Waals surface area (Å²) in [6.45, 7) is 0.627. The van der Waals surface area contributed by atoms with Gasteiger partial charge < -0.3 is 10.0 Å². The minimum atomic E-state index is -0.301. The number of hydrogen-bond donors (Lipinski definition) is 1. The van der Waals surface area contributed by atoms with Gasteiger partial charge in [0.2, 0.25) is 0 Å². The third kappa shape index (κ3) is 3.03. The van der Waals surface area contributed by atoms with E-state index in [1.165, 1.54) is 11.1 Å². The molecule has 0 saturated heterocycles. The Labute approximate surface area is 170 Å². The number of benzene rings is 3. The Morgan fingerprint density at radius 1 is 0.897 bits per heavy atom. The zero-order valence-corrected chi connectivity index (χ0v) is 16.2. The number of hydrogen-bond acceptors (Lipinski definition) is 2. The topological polar surface area (TPSA) is 40.5 Å². The molecule has 1 heterocycles. The van der Waals surface area contributed by atoms with Crippen molar-refractivity contribution in [2.45, 2.75) is 25.3 Å². The number of amides is 1. The molecule has 3 heteroatoms. The highest BCUT2D eigenvalue weighted by Gasteiger charge is 2.35. The second-order valence-electron chi connectivity index (χ2n) is 7.73. The van der Waals surface area contributed by atoms with Crippen LogP contribution in [-0.4, -0.2) is 22.5 Å². The fraction of sp³-hybridized carbons (Fsp3) is 0.192. The van der Waals surface area contributed by atoms with Crippen molar-refractivity contribution in [1.82, 2.24) is 4.90 Å². The molecule has 0 saturated carbocycles. The molecule has 144 valence electrons. The average molecular weight is 381 g/mol. The second-order valence-corrected chi connectivity index (χ2v) is 7.73. The van der Waals surface area contributed by atoms with Crippen LogP contribution in [0.25, 0.3) is 6.08 Å². The second kappa shape index (κ2) is 7.25. The Morgan fingerprint density at radius 3 is 2.55 bits per heavy atom. The van der Waals surface area contributed by atoms with Gasteiger partial charge in [-0.1, -0.05) is 60.7 Å². The Hall–Kier alpha value is -3.33. The van der Waals surface area contributed by atoms with E-state index in [1.807, 2.05) is 53.4 Å². The summed E-state index contributed by atoms with van der Waals surface area (Å²) in [5.74, 6) is 0.254. The molecule has 0 fully saturated rings. The van der Waals surface area contributed by atoms with E-state index in [4.69, 9.17) is 0 Å². The summed E-state index contributed by atoms with van der Waals surface area (Å²) in [5.41, 5.74) is 6.16. The molecular weight excluding hydrogens is 358 g/mol. The molecule has 1 aliphatic carbocycles. The number of carbonyl (C=O) groups is 1. The largest absolute Gasteiger partial charge is 0.508 e. The van der Waals surface area contributed by atoms with Crippen LogP contribution < -0.4 is 0 Å². The number of aryl methyl sites for hydroxylation is 1. The van der Waals surface area contributed by atoms with Crippen molar-refractivity contribution < 1.29 is 9.90 Å². The maximum absolute atomic E-state index is 13.5. The summed E-state index contributed by atoms with van der Waals surface area (Å²) in [4.78, 5) is 15.4. The van der Waals surface area contributed by atoms with Crippen LogP contribution in [0.4, 0.5) is 0 Å². The lowest BCUT2D eigenvalue weighted by atomic mass is 9.82. The first-order valence-electron chi connectivity index (χ1n) is 10.2. The molecule has 3 aromatic rings. The van der Waals surface area contributed by atoms with E-state index in [0.717, 1.165) is 36.0 Å². The van der Waals surface area contributed by atoms with E-state index >= 15 is 0 Å². The van der Waals surface area contributed by atoms with E-state index < -0.39 is 0 Å². The Bertz CT molecular complexity index is 1100. The van der Waals surface area contributed by atoms with Crippen molar-refractivity contribution in [3.63, 3.8) is 0 Å². The van der Waals surface area contributed by atoms with Crippen LogP contribution in [0.3, 0.4) is 0 Å². The quantitative estimate of drug-likeness (QED) is 0.668. The molecule has 1 amide bonds. The van der Waals surface area contributed by atoms with Gasteiger partial charge in [-0.2, -0.15) is 0 Å². The summed E-state index contributed by atoms with van der Waals surface area (Å²) >= 11 is 0. The number of phenolic OH excluding ortho intramolecular Hbond substituents is 1. The monoisotopic (exact) mass is 381 g/mol. The summed E-state index contributed by atoms with van der Waals surface area (Å²) in [7, 11) is 0. The maximum Gasteiger partial charge on any atom is 0.254 e. The lowest BCUT2D eigenvalue weighted by Gasteiger charge is -2.39. The number of allylic oxidation sites excluding steroid dienone is 1. The van der Waals surface area contributed by atoms with Gasteiger partial charge in [0.15, 0.2) is 0 Å². The molecule has 2 aliphatic rings. The Morgan fingerprint density at radius 2 is 1.69 bits per heavy atom. The first-order chi connectivity index (χ1) is 14.2. The zero-order chi connectivity index (χ0) is 19.8. The number of nitrogens with zero attached hydrogens (tertiary/aromatic N) is 1. The summed E-state index contributed by atoms with van der Waals surface area (Å²) < 4.78 is 0. The van der Waals surface area contributed by atoms with Crippen LogP contribution in [0, 0.1) is 0 Å². The van der Waals surface area contributed by atoms with E-state index in [1.54, 1.807) is 6.07 Å². The SMILES string of the molecule is O=C(c1ccccc1)N1CCc2ccccc2C1c1c(O)ccc2c1C=CCC2. The molecular formula is C26H23NO2. The normalized spacial score (nSPS) is 17.5.